The molecule has 0 spiro atoms. The molecule has 1 aromatic rings. The van der Waals surface area contributed by atoms with Gasteiger partial charge < -0.3 is 10.4 Å². The predicted octanol–water partition coefficient (Wildman–Crippen LogP) is 2.71. The van der Waals surface area contributed by atoms with Gasteiger partial charge in [-0.1, -0.05) is 38.4 Å². The van der Waals surface area contributed by atoms with Crippen molar-refractivity contribution in [2.24, 2.45) is 5.41 Å². The molecule has 3 nitrogen and oxygen atoms in total. The molecule has 0 heterocycles. The molecule has 0 atom stereocenters. The van der Waals surface area contributed by atoms with Crippen LogP contribution in [0.2, 0.25) is 5.02 Å². The molecule has 0 aliphatic carbocycles. The van der Waals surface area contributed by atoms with Crippen LogP contribution in [-0.2, 0) is 11.3 Å². The van der Waals surface area contributed by atoms with Gasteiger partial charge in [0.25, 0.3) is 0 Å². The zero-order valence-corrected chi connectivity index (χ0v) is 10.4. The van der Waals surface area contributed by atoms with Gasteiger partial charge in [-0.3, -0.25) is 4.79 Å². The minimum absolute atomic E-state index is 0.0538. The Balaban J connectivity index is 2.65. The molecule has 0 aliphatic rings. The fourth-order valence-corrected chi connectivity index (χ4v) is 1.29. The quantitative estimate of drug-likeness (QED) is 0.837. The number of rotatable bonds is 2. The first-order valence-electron chi connectivity index (χ1n) is 5.06. The fourth-order valence-electron chi connectivity index (χ4n) is 1.13. The molecule has 4 heteroatoms. The summed E-state index contributed by atoms with van der Waals surface area (Å²) in [5.41, 5.74) is 0.226. The fraction of sp³-hybridized carbons (Fsp3) is 0.417. The molecule has 0 aromatic heterocycles. The summed E-state index contributed by atoms with van der Waals surface area (Å²) in [4.78, 5) is 11.6. The first-order valence-corrected chi connectivity index (χ1v) is 5.44. The van der Waals surface area contributed by atoms with E-state index < -0.39 is 5.41 Å². The van der Waals surface area contributed by atoms with Crippen LogP contribution < -0.4 is 5.32 Å². The van der Waals surface area contributed by atoms with Gasteiger partial charge in [0.1, 0.15) is 5.75 Å². The second-order valence-corrected chi connectivity index (χ2v) is 5.14. The number of aromatic hydroxyl groups is 1. The largest absolute Gasteiger partial charge is 0.508 e. The van der Waals surface area contributed by atoms with E-state index in [4.69, 9.17) is 11.6 Å². The van der Waals surface area contributed by atoms with Crippen molar-refractivity contribution < 1.29 is 9.90 Å². The molecular formula is C12H16ClNO2. The van der Waals surface area contributed by atoms with Crippen molar-refractivity contribution in [3.8, 4) is 5.75 Å². The van der Waals surface area contributed by atoms with E-state index in [9.17, 15) is 9.90 Å². The molecule has 0 unspecified atom stereocenters. The number of benzene rings is 1. The van der Waals surface area contributed by atoms with Crippen molar-refractivity contribution >= 4 is 17.5 Å². The Morgan fingerprint density at radius 2 is 2.06 bits per heavy atom. The second kappa shape index (κ2) is 4.74. The second-order valence-electron chi connectivity index (χ2n) is 4.71. The van der Waals surface area contributed by atoms with Crippen molar-refractivity contribution in [1.82, 2.24) is 5.32 Å². The molecule has 2 N–H and O–H groups in total. The van der Waals surface area contributed by atoms with Crippen LogP contribution in [0.25, 0.3) is 0 Å². The molecule has 1 aromatic carbocycles. The van der Waals surface area contributed by atoms with Crippen LogP contribution >= 0.6 is 11.6 Å². The Hall–Kier alpha value is -1.22. The zero-order valence-electron chi connectivity index (χ0n) is 9.67. The highest BCUT2D eigenvalue weighted by molar-refractivity contribution is 6.30. The van der Waals surface area contributed by atoms with Gasteiger partial charge in [-0.15, -0.1) is 0 Å². The van der Waals surface area contributed by atoms with Gasteiger partial charge in [-0.05, 0) is 12.1 Å². The van der Waals surface area contributed by atoms with Gasteiger partial charge in [0, 0.05) is 22.5 Å². The van der Waals surface area contributed by atoms with Crippen molar-refractivity contribution in [2.75, 3.05) is 0 Å². The highest BCUT2D eigenvalue weighted by atomic mass is 35.5. The molecule has 88 valence electrons. The van der Waals surface area contributed by atoms with Gasteiger partial charge in [0.2, 0.25) is 5.91 Å². The van der Waals surface area contributed by atoms with Gasteiger partial charge in [-0.25, -0.2) is 0 Å². The minimum atomic E-state index is -0.429. The molecule has 0 radical (unpaired) electrons. The number of halogens is 1. The zero-order chi connectivity index (χ0) is 12.3. The molecule has 0 fully saturated rings. The van der Waals surface area contributed by atoms with Crippen LogP contribution in [-0.4, -0.2) is 11.0 Å². The molecule has 0 saturated heterocycles. The van der Waals surface area contributed by atoms with Crippen molar-refractivity contribution in [2.45, 2.75) is 27.3 Å². The number of nitrogens with one attached hydrogen (secondary N) is 1. The Kier molecular flexibility index (Phi) is 3.81. The van der Waals surface area contributed by atoms with Gasteiger partial charge in [0.05, 0.1) is 0 Å². The van der Waals surface area contributed by atoms with E-state index in [0.29, 0.717) is 17.1 Å². The lowest BCUT2D eigenvalue weighted by atomic mass is 9.95. The standard InChI is InChI=1S/C12H16ClNO2/c1-12(2,3)11(16)14-7-8-4-5-9(13)6-10(8)15/h4-6,15H,7H2,1-3H3,(H,14,16). The van der Waals surface area contributed by atoms with Crippen molar-refractivity contribution in [3.05, 3.63) is 28.8 Å². The van der Waals surface area contributed by atoms with E-state index in [-0.39, 0.29) is 11.7 Å². The number of carbonyl (C=O) groups excluding carboxylic acids is 1. The Morgan fingerprint density at radius 1 is 1.44 bits per heavy atom. The van der Waals surface area contributed by atoms with Crippen LogP contribution in [0, 0.1) is 5.41 Å². The first-order chi connectivity index (χ1) is 7.30. The maximum absolute atomic E-state index is 11.6. The lowest BCUT2D eigenvalue weighted by molar-refractivity contribution is -0.128. The highest BCUT2D eigenvalue weighted by Gasteiger charge is 2.20. The van der Waals surface area contributed by atoms with E-state index in [1.807, 2.05) is 20.8 Å². The summed E-state index contributed by atoms with van der Waals surface area (Å²) in [5.74, 6) is 0.0450. The number of phenolic OH excluding ortho intramolecular Hbond substituents is 1. The third-order valence-corrected chi connectivity index (χ3v) is 2.40. The lowest BCUT2D eigenvalue weighted by Crippen LogP contribution is -2.34. The van der Waals surface area contributed by atoms with E-state index in [2.05, 4.69) is 5.32 Å². The van der Waals surface area contributed by atoms with Crippen molar-refractivity contribution in [3.63, 3.8) is 0 Å². The van der Waals surface area contributed by atoms with Gasteiger partial charge >= 0.3 is 0 Å². The summed E-state index contributed by atoms with van der Waals surface area (Å²) in [6, 6.07) is 4.83. The van der Waals surface area contributed by atoms with Crippen LogP contribution in [0.5, 0.6) is 5.75 Å². The van der Waals surface area contributed by atoms with Gasteiger partial charge in [-0.2, -0.15) is 0 Å². The third kappa shape index (κ3) is 3.42. The Bertz CT molecular complexity index is 396. The summed E-state index contributed by atoms with van der Waals surface area (Å²) in [6.45, 7) is 5.82. The van der Waals surface area contributed by atoms with Crippen LogP contribution in [0.3, 0.4) is 0 Å². The van der Waals surface area contributed by atoms with E-state index in [1.165, 1.54) is 6.07 Å². The lowest BCUT2D eigenvalue weighted by Gasteiger charge is -2.17. The molecular weight excluding hydrogens is 226 g/mol. The summed E-state index contributed by atoms with van der Waals surface area (Å²) in [6.07, 6.45) is 0. The SMILES string of the molecule is CC(C)(C)C(=O)NCc1ccc(Cl)cc1O. The average molecular weight is 242 g/mol. The summed E-state index contributed by atoms with van der Waals surface area (Å²) >= 11 is 5.70. The third-order valence-electron chi connectivity index (χ3n) is 2.17. The average Bonchev–Trinajstić information content (AvgIpc) is 2.14. The summed E-state index contributed by atoms with van der Waals surface area (Å²) in [5, 5.41) is 12.8. The molecule has 1 rings (SSSR count). The highest BCUT2D eigenvalue weighted by Crippen LogP contribution is 2.22. The van der Waals surface area contributed by atoms with Crippen LogP contribution in [0.15, 0.2) is 18.2 Å². The molecule has 0 saturated carbocycles. The molecule has 0 aliphatic heterocycles. The smallest absolute Gasteiger partial charge is 0.225 e. The topological polar surface area (TPSA) is 49.3 Å². The van der Waals surface area contributed by atoms with E-state index >= 15 is 0 Å². The normalized spacial score (nSPS) is 11.2. The maximum atomic E-state index is 11.6. The maximum Gasteiger partial charge on any atom is 0.225 e. The van der Waals surface area contributed by atoms with E-state index in [1.54, 1.807) is 12.1 Å². The van der Waals surface area contributed by atoms with Crippen molar-refractivity contribution in [1.29, 1.82) is 0 Å². The number of hydrogen-bond donors (Lipinski definition) is 2. The Morgan fingerprint density at radius 3 is 2.56 bits per heavy atom. The first kappa shape index (κ1) is 12.8. The number of hydrogen-bond acceptors (Lipinski definition) is 2. The minimum Gasteiger partial charge on any atom is -0.508 e. The predicted molar refractivity (Wildman–Crippen MR) is 64.4 cm³/mol. The molecule has 1 amide bonds. The Labute approximate surface area is 100 Å². The number of amides is 1. The monoisotopic (exact) mass is 241 g/mol. The number of phenols is 1. The van der Waals surface area contributed by atoms with Gasteiger partial charge in [0.15, 0.2) is 0 Å². The summed E-state index contributed by atoms with van der Waals surface area (Å²) in [7, 11) is 0. The molecule has 0 bridgehead atoms. The van der Waals surface area contributed by atoms with Crippen LogP contribution in [0.1, 0.15) is 26.3 Å². The number of carbonyl (C=O) groups is 1. The molecule has 16 heavy (non-hydrogen) atoms. The summed E-state index contributed by atoms with van der Waals surface area (Å²) < 4.78 is 0. The van der Waals surface area contributed by atoms with Crippen LogP contribution in [0.4, 0.5) is 0 Å². The van der Waals surface area contributed by atoms with E-state index in [0.717, 1.165) is 0 Å².